The molecule has 1 aromatic heterocycles. The van der Waals surface area contributed by atoms with Crippen LogP contribution in [0.2, 0.25) is 5.02 Å². The maximum absolute atomic E-state index is 11.6. The highest BCUT2D eigenvalue weighted by Gasteiger charge is 2.19. The number of aromatic nitrogens is 1. The second-order valence-electron chi connectivity index (χ2n) is 5.50. The van der Waals surface area contributed by atoms with Crippen LogP contribution in [0.3, 0.4) is 0 Å². The topological polar surface area (TPSA) is 126 Å². The number of benzene rings is 2. The van der Waals surface area contributed by atoms with Crippen molar-refractivity contribution >= 4 is 45.5 Å². The number of aryl methyl sites for hydroxylation is 1. The van der Waals surface area contributed by atoms with Gasteiger partial charge < -0.3 is 15.5 Å². The third-order valence-electron chi connectivity index (χ3n) is 3.91. The van der Waals surface area contributed by atoms with Crippen LogP contribution in [0.1, 0.15) is 15.9 Å². The van der Waals surface area contributed by atoms with Crippen LogP contribution in [0.15, 0.2) is 36.5 Å². The summed E-state index contributed by atoms with van der Waals surface area (Å²) < 4.78 is 0. The number of nitrogens with one attached hydrogen (secondary N) is 1. The lowest BCUT2D eigenvalue weighted by atomic mass is 10.1. The number of fused-ring (bicyclic) bond motifs is 1. The molecule has 3 aromatic rings. The van der Waals surface area contributed by atoms with Gasteiger partial charge in [-0.25, -0.2) is 4.79 Å². The van der Waals surface area contributed by atoms with Crippen molar-refractivity contribution in [2.75, 3.05) is 5.32 Å². The molecule has 132 valence electrons. The second-order valence-corrected chi connectivity index (χ2v) is 5.91. The number of anilines is 2. The summed E-state index contributed by atoms with van der Waals surface area (Å²) in [6.45, 7) is 1.74. The largest absolute Gasteiger partial charge is 0.506 e. The summed E-state index contributed by atoms with van der Waals surface area (Å²) in [4.78, 5) is 26.1. The number of halogens is 1. The highest BCUT2D eigenvalue weighted by atomic mass is 35.5. The molecule has 0 saturated carbocycles. The van der Waals surface area contributed by atoms with Crippen molar-refractivity contribution in [1.82, 2.24) is 4.98 Å². The van der Waals surface area contributed by atoms with Gasteiger partial charge in [-0.05, 0) is 30.7 Å². The minimum atomic E-state index is -1.24. The molecule has 0 unspecified atom stereocenters. The molecule has 0 aliphatic rings. The lowest BCUT2D eigenvalue weighted by Crippen LogP contribution is -2.05. The molecule has 3 N–H and O–H groups in total. The predicted octanol–water partition coefficient (Wildman–Crippen LogP) is 4.25. The molecular formula is C17H12ClN3O5. The molecule has 26 heavy (non-hydrogen) atoms. The van der Waals surface area contributed by atoms with E-state index in [0.717, 1.165) is 18.2 Å². The normalized spacial score (nSPS) is 10.7. The highest BCUT2D eigenvalue weighted by Crippen LogP contribution is 2.36. The summed E-state index contributed by atoms with van der Waals surface area (Å²) in [6.07, 6.45) is 1.17. The molecule has 8 nitrogen and oxygen atoms in total. The highest BCUT2D eigenvalue weighted by molar-refractivity contribution is 6.32. The van der Waals surface area contributed by atoms with Crippen LogP contribution in [0.5, 0.6) is 5.75 Å². The van der Waals surface area contributed by atoms with Gasteiger partial charge in [-0.2, -0.15) is 0 Å². The van der Waals surface area contributed by atoms with Gasteiger partial charge >= 0.3 is 5.97 Å². The Morgan fingerprint density at radius 2 is 2.04 bits per heavy atom. The first-order chi connectivity index (χ1) is 12.3. The van der Waals surface area contributed by atoms with Gasteiger partial charge in [-0.1, -0.05) is 11.6 Å². The first-order valence-electron chi connectivity index (χ1n) is 7.35. The minimum absolute atomic E-state index is 0.00167. The van der Waals surface area contributed by atoms with Crippen molar-refractivity contribution in [3.8, 4) is 5.75 Å². The lowest BCUT2D eigenvalue weighted by molar-refractivity contribution is -0.384. The third kappa shape index (κ3) is 2.98. The molecule has 3 rings (SSSR count). The number of rotatable bonds is 4. The number of phenolic OH excluding ortho intramolecular Hbond substituents is 1. The number of aromatic carboxylic acids is 1. The molecule has 0 amide bonds. The van der Waals surface area contributed by atoms with E-state index in [1.807, 2.05) is 0 Å². The first kappa shape index (κ1) is 17.4. The van der Waals surface area contributed by atoms with E-state index in [4.69, 9.17) is 11.6 Å². The number of non-ortho nitro benzene ring substituents is 1. The molecule has 2 aromatic carbocycles. The average molecular weight is 374 g/mol. The Morgan fingerprint density at radius 3 is 2.69 bits per heavy atom. The van der Waals surface area contributed by atoms with Crippen molar-refractivity contribution in [2.24, 2.45) is 0 Å². The zero-order valence-electron chi connectivity index (χ0n) is 13.4. The van der Waals surface area contributed by atoms with E-state index in [-0.39, 0.29) is 28.4 Å². The molecular weight excluding hydrogens is 362 g/mol. The van der Waals surface area contributed by atoms with Crippen molar-refractivity contribution in [3.05, 3.63) is 62.8 Å². The van der Waals surface area contributed by atoms with E-state index in [9.17, 15) is 25.1 Å². The summed E-state index contributed by atoms with van der Waals surface area (Å²) in [5.41, 5.74) is 0.895. The molecule has 0 spiro atoms. The van der Waals surface area contributed by atoms with E-state index >= 15 is 0 Å². The number of carbonyl (C=O) groups is 1. The van der Waals surface area contributed by atoms with Gasteiger partial charge in [-0.3, -0.25) is 15.1 Å². The van der Waals surface area contributed by atoms with Crippen LogP contribution in [0.4, 0.5) is 17.1 Å². The second kappa shape index (κ2) is 6.49. The maximum Gasteiger partial charge on any atom is 0.339 e. The standard InChI is InChI=1S/C17H12ClN3O5/c1-8-12(18)4-3-10-15(8)19-7-11(17(23)24)16(10)20-13-6-9(21(25)26)2-5-14(13)22/h2-7,22H,1H3,(H,19,20)(H,23,24). The fourth-order valence-electron chi connectivity index (χ4n) is 2.55. The smallest absolute Gasteiger partial charge is 0.339 e. The maximum atomic E-state index is 11.6. The summed E-state index contributed by atoms with van der Waals surface area (Å²) in [5, 5.41) is 34.1. The SMILES string of the molecule is Cc1c(Cl)ccc2c(Nc3cc([N+](=O)[O-])ccc3O)c(C(=O)O)cnc12. The van der Waals surface area contributed by atoms with Crippen LogP contribution >= 0.6 is 11.6 Å². The average Bonchev–Trinajstić information content (AvgIpc) is 2.59. The van der Waals surface area contributed by atoms with Crippen molar-refractivity contribution in [1.29, 1.82) is 0 Å². The lowest BCUT2D eigenvalue weighted by Gasteiger charge is -2.15. The van der Waals surface area contributed by atoms with E-state index in [1.165, 1.54) is 6.20 Å². The minimum Gasteiger partial charge on any atom is -0.506 e. The van der Waals surface area contributed by atoms with Gasteiger partial charge in [0, 0.05) is 28.7 Å². The molecule has 0 bridgehead atoms. The van der Waals surface area contributed by atoms with E-state index in [0.29, 0.717) is 21.5 Å². The number of nitro groups is 1. The number of aromatic hydroxyl groups is 1. The molecule has 0 radical (unpaired) electrons. The Bertz CT molecular complexity index is 1070. The van der Waals surface area contributed by atoms with Gasteiger partial charge in [0.15, 0.2) is 0 Å². The fourth-order valence-corrected chi connectivity index (χ4v) is 2.70. The quantitative estimate of drug-likeness (QED) is 0.354. The monoisotopic (exact) mass is 373 g/mol. The molecule has 9 heteroatoms. The van der Waals surface area contributed by atoms with Crippen LogP contribution in [0, 0.1) is 17.0 Å². The van der Waals surface area contributed by atoms with E-state index in [1.54, 1.807) is 19.1 Å². The Labute approximate surface area is 151 Å². The van der Waals surface area contributed by atoms with Crippen LogP contribution in [-0.4, -0.2) is 26.1 Å². The fraction of sp³-hybridized carbons (Fsp3) is 0.0588. The Morgan fingerprint density at radius 1 is 1.31 bits per heavy atom. The zero-order chi connectivity index (χ0) is 19.0. The number of phenols is 1. The Kier molecular flexibility index (Phi) is 4.35. The van der Waals surface area contributed by atoms with Crippen molar-refractivity contribution in [2.45, 2.75) is 6.92 Å². The van der Waals surface area contributed by atoms with Gasteiger partial charge in [0.1, 0.15) is 11.3 Å². The molecule has 0 atom stereocenters. The summed E-state index contributed by atoms with van der Waals surface area (Å²) >= 11 is 6.09. The number of pyridine rings is 1. The van der Waals surface area contributed by atoms with Gasteiger partial charge in [-0.15, -0.1) is 0 Å². The predicted molar refractivity (Wildman–Crippen MR) is 96.5 cm³/mol. The van der Waals surface area contributed by atoms with Crippen LogP contribution in [-0.2, 0) is 0 Å². The number of carboxylic acids is 1. The van der Waals surface area contributed by atoms with Crippen molar-refractivity contribution in [3.63, 3.8) is 0 Å². The number of nitro benzene ring substituents is 1. The molecule has 0 aliphatic carbocycles. The van der Waals surface area contributed by atoms with Gasteiger partial charge in [0.25, 0.3) is 5.69 Å². The summed E-state index contributed by atoms with van der Waals surface area (Å²) in [7, 11) is 0. The Balaban J connectivity index is 2.25. The molecule has 0 saturated heterocycles. The van der Waals surface area contributed by atoms with Crippen molar-refractivity contribution < 1.29 is 19.9 Å². The third-order valence-corrected chi connectivity index (χ3v) is 4.32. The summed E-state index contributed by atoms with van der Waals surface area (Å²) in [5.74, 6) is -1.50. The molecule has 0 aliphatic heterocycles. The summed E-state index contributed by atoms with van der Waals surface area (Å²) in [6, 6.07) is 6.63. The number of carboxylic acid groups (broad SMARTS) is 1. The molecule has 1 heterocycles. The van der Waals surface area contributed by atoms with E-state index in [2.05, 4.69) is 10.3 Å². The van der Waals surface area contributed by atoms with E-state index < -0.39 is 10.9 Å². The zero-order valence-corrected chi connectivity index (χ0v) is 14.1. The van der Waals surface area contributed by atoms with Gasteiger partial charge in [0.05, 0.1) is 21.8 Å². The number of hydrogen-bond acceptors (Lipinski definition) is 6. The Hall–Kier alpha value is -3.39. The number of hydrogen-bond donors (Lipinski definition) is 3. The molecule has 0 fully saturated rings. The number of nitrogens with zero attached hydrogens (tertiary/aromatic N) is 2. The van der Waals surface area contributed by atoms with Gasteiger partial charge in [0.2, 0.25) is 0 Å². The first-order valence-corrected chi connectivity index (χ1v) is 7.73. The van der Waals surface area contributed by atoms with Crippen LogP contribution in [0.25, 0.3) is 10.9 Å². The van der Waals surface area contributed by atoms with Crippen LogP contribution < -0.4 is 5.32 Å².